The van der Waals surface area contributed by atoms with Gasteiger partial charge in [-0.1, -0.05) is 20.3 Å². The molecule has 3 aliphatic rings. The second kappa shape index (κ2) is 5.95. The Labute approximate surface area is 97.6 Å². The Bertz CT molecular complexity index is 164. The van der Waals surface area contributed by atoms with Gasteiger partial charge in [-0.2, -0.15) is 0 Å². The third-order valence-electron chi connectivity index (χ3n) is 3.37. The van der Waals surface area contributed by atoms with E-state index in [0.29, 0.717) is 6.42 Å². The van der Waals surface area contributed by atoms with E-state index in [2.05, 4.69) is 13.8 Å². The summed E-state index contributed by atoms with van der Waals surface area (Å²) in [7, 11) is 0. The second-order valence-electron chi connectivity index (χ2n) is 5.69. The summed E-state index contributed by atoms with van der Waals surface area (Å²) in [5.41, 5.74) is 0.722. The highest BCUT2D eigenvalue weighted by Crippen LogP contribution is 2.39. The molecule has 0 N–H and O–H groups in total. The third kappa shape index (κ3) is 5.78. The summed E-state index contributed by atoms with van der Waals surface area (Å²) in [5, 5.41) is 0. The summed E-state index contributed by atoms with van der Waals surface area (Å²) in [6.07, 6.45) is 6.60. The van der Waals surface area contributed by atoms with Crippen LogP contribution in [-0.2, 0) is 4.74 Å². The van der Waals surface area contributed by atoms with E-state index in [1.54, 1.807) is 0 Å². The van der Waals surface area contributed by atoms with E-state index in [0.717, 1.165) is 18.6 Å². The summed E-state index contributed by atoms with van der Waals surface area (Å²) in [5.74, 6) is -2.28. The monoisotopic (exact) mass is 234 g/mol. The van der Waals surface area contributed by atoms with E-state index >= 15 is 0 Å². The zero-order valence-corrected chi connectivity index (χ0v) is 10.5. The number of rotatable bonds is 0. The molecular weight excluding hydrogens is 210 g/mol. The van der Waals surface area contributed by atoms with E-state index in [9.17, 15) is 8.78 Å². The highest BCUT2D eigenvalue weighted by atomic mass is 19.3. The molecule has 0 atom stereocenters. The Morgan fingerprint density at radius 3 is 1.06 bits per heavy atom. The molecule has 0 aromatic carbocycles. The van der Waals surface area contributed by atoms with Crippen molar-refractivity contribution < 1.29 is 13.5 Å². The van der Waals surface area contributed by atoms with Crippen molar-refractivity contribution in [2.24, 2.45) is 5.41 Å². The minimum Gasteiger partial charge on any atom is -0.381 e. The van der Waals surface area contributed by atoms with Crippen LogP contribution in [0.15, 0.2) is 0 Å². The average Bonchev–Trinajstić information content (AvgIpc) is 1.97. The molecule has 0 aromatic rings. The van der Waals surface area contributed by atoms with Gasteiger partial charge in [0.1, 0.15) is 0 Å². The van der Waals surface area contributed by atoms with Gasteiger partial charge >= 0.3 is 0 Å². The lowest BCUT2D eigenvalue weighted by molar-refractivity contribution is -0.0716. The van der Waals surface area contributed by atoms with Crippen LogP contribution in [0.2, 0.25) is 0 Å². The molecule has 1 saturated heterocycles. The molecule has 0 aromatic heterocycles. The largest absolute Gasteiger partial charge is 0.381 e. The van der Waals surface area contributed by atoms with Crippen LogP contribution in [0.1, 0.15) is 58.8 Å². The number of alkyl halides is 2. The van der Waals surface area contributed by atoms with Crippen molar-refractivity contribution in [3.63, 3.8) is 0 Å². The van der Waals surface area contributed by atoms with Crippen LogP contribution in [0.5, 0.6) is 0 Å². The first-order valence-corrected chi connectivity index (χ1v) is 6.37. The van der Waals surface area contributed by atoms with Crippen molar-refractivity contribution >= 4 is 0 Å². The fraction of sp³-hybridized carbons (Fsp3) is 1.00. The summed E-state index contributed by atoms with van der Waals surface area (Å²) >= 11 is 0. The van der Waals surface area contributed by atoms with Crippen LogP contribution < -0.4 is 0 Å². The maximum absolute atomic E-state index is 11.5. The average molecular weight is 234 g/mol. The van der Waals surface area contributed by atoms with Crippen LogP contribution in [-0.4, -0.2) is 19.1 Å². The molecule has 2 aliphatic carbocycles. The van der Waals surface area contributed by atoms with Gasteiger partial charge in [-0.25, -0.2) is 8.78 Å². The molecular formula is C13H24F2O. The molecule has 0 radical (unpaired) electrons. The molecule has 3 heteroatoms. The number of ether oxygens (including phenoxy) is 1. The summed E-state index contributed by atoms with van der Waals surface area (Å²) in [6, 6.07) is 0. The highest BCUT2D eigenvalue weighted by molar-refractivity contribution is 4.77. The van der Waals surface area contributed by atoms with Crippen LogP contribution >= 0.6 is 0 Å². The van der Waals surface area contributed by atoms with Gasteiger partial charge in [0, 0.05) is 26.1 Å². The molecule has 96 valence electrons. The maximum atomic E-state index is 11.5. The van der Waals surface area contributed by atoms with Gasteiger partial charge in [0.15, 0.2) is 0 Å². The summed E-state index contributed by atoms with van der Waals surface area (Å²) in [4.78, 5) is 0. The second-order valence-corrected chi connectivity index (χ2v) is 5.69. The zero-order chi connectivity index (χ0) is 12.1. The smallest absolute Gasteiger partial charge is 0.248 e. The van der Waals surface area contributed by atoms with E-state index in [-0.39, 0.29) is 12.8 Å². The molecule has 0 bridgehead atoms. The fourth-order valence-corrected chi connectivity index (χ4v) is 1.47. The topological polar surface area (TPSA) is 9.23 Å². The van der Waals surface area contributed by atoms with Gasteiger partial charge in [-0.15, -0.1) is 0 Å². The van der Waals surface area contributed by atoms with Gasteiger partial charge in [0.25, 0.3) is 0 Å². The van der Waals surface area contributed by atoms with Gasteiger partial charge in [0.05, 0.1) is 0 Å². The van der Waals surface area contributed by atoms with Crippen molar-refractivity contribution in [1.29, 1.82) is 0 Å². The van der Waals surface area contributed by atoms with Crippen molar-refractivity contribution in [3.05, 3.63) is 0 Å². The summed E-state index contributed by atoms with van der Waals surface area (Å²) < 4.78 is 27.8. The van der Waals surface area contributed by atoms with Gasteiger partial charge in [-0.3, -0.25) is 0 Å². The number of hydrogen-bond acceptors (Lipinski definition) is 1. The van der Waals surface area contributed by atoms with Crippen LogP contribution in [0.4, 0.5) is 8.78 Å². The normalized spacial score (nSPS) is 27.8. The number of halogens is 2. The first kappa shape index (κ1) is 13.9. The van der Waals surface area contributed by atoms with E-state index in [1.807, 2.05) is 0 Å². The molecule has 1 heterocycles. The molecule has 2 saturated carbocycles. The Balaban J connectivity index is 0.000000123. The Morgan fingerprint density at radius 2 is 1.06 bits per heavy atom. The van der Waals surface area contributed by atoms with Crippen LogP contribution in [0.25, 0.3) is 0 Å². The molecule has 1 nitrogen and oxygen atoms in total. The lowest BCUT2D eigenvalue weighted by Crippen LogP contribution is -2.24. The lowest BCUT2D eigenvalue weighted by Gasteiger charge is -2.33. The third-order valence-corrected chi connectivity index (χ3v) is 3.37. The first-order chi connectivity index (χ1) is 7.41. The molecule has 1 aliphatic heterocycles. The van der Waals surface area contributed by atoms with Crippen LogP contribution in [0.3, 0.4) is 0 Å². The lowest BCUT2D eigenvalue weighted by atomic mass is 9.72. The quantitative estimate of drug-likeness (QED) is 0.603. The molecule has 3 fully saturated rings. The van der Waals surface area contributed by atoms with Crippen molar-refractivity contribution in [2.45, 2.75) is 64.7 Å². The fourth-order valence-electron chi connectivity index (χ4n) is 1.47. The highest BCUT2D eigenvalue weighted by Gasteiger charge is 2.36. The molecule has 0 amide bonds. The first-order valence-electron chi connectivity index (χ1n) is 6.37. The van der Waals surface area contributed by atoms with Crippen LogP contribution in [0, 0.1) is 5.41 Å². The molecule has 0 spiro atoms. The Kier molecular flexibility index (Phi) is 5.16. The van der Waals surface area contributed by atoms with Gasteiger partial charge in [-0.05, 0) is 31.1 Å². The van der Waals surface area contributed by atoms with E-state index in [4.69, 9.17) is 4.74 Å². The standard InChI is InChI=1S/C6H12.C4H6F2.C3H6O/c1-6(2)4-3-5-6;5-4(6)2-1-3-4;1-2-4-3-1/h3-5H2,1-2H3;1-3H2;1-3H2. The minimum atomic E-state index is -2.28. The number of hydrogen-bond donors (Lipinski definition) is 0. The molecule has 0 unspecified atom stereocenters. The predicted octanol–water partition coefficient (Wildman–Crippen LogP) is 4.41. The molecule has 3 rings (SSSR count). The maximum Gasteiger partial charge on any atom is 0.248 e. The van der Waals surface area contributed by atoms with E-state index < -0.39 is 5.92 Å². The minimum absolute atomic E-state index is 0.118. The van der Waals surface area contributed by atoms with Gasteiger partial charge < -0.3 is 4.74 Å². The summed E-state index contributed by atoms with van der Waals surface area (Å²) in [6.45, 7) is 6.66. The SMILES string of the molecule is C1COC1.CC1(C)CCC1.FC1(F)CCC1. The zero-order valence-electron chi connectivity index (χ0n) is 10.5. The van der Waals surface area contributed by atoms with E-state index in [1.165, 1.54) is 25.7 Å². The Morgan fingerprint density at radius 1 is 0.812 bits per heavy atom. The van der Waals surface area contributed by atoms with Crippen molar-refractivity contribution in [1.82, 2.24) is 0 Å². The predicted molar refractivity (Wildman–Crippen MR) is 61.9 cm³/mol. The van der Waals surface area contributed by atoms with Crippen molar-refractivity contribution in [2.75, 3.05) is 13.2 Å². The van der Waals surface area contributed by atoms with Gasteiger partial charge in [0.2, 0.25) is 5.92 Å². The Hall–Kier alpha value is -0.180. The van der Waals surface area contributed by atoms with Crippen molar-refractivity contribution in [3.8, 4) is 0 Å². The molecule has 16 heavy (non-hydrogen) atoms.